The molecule has 0 spiro atoms. The second-order valence-electron chi connectivity index (χ2n) is 7.26. The van der Waals surface area contributed by atoms with Crippen molar-refractivity contribution in [1.82, 2.24) is 25.1 Å². The van der Waals surface area contributed by atoms with Gasteiger partial charge in [0.15, 0.2) is 0 Å². The van der Waals surface area contributed by atoms with Crippen LogP contribution in [0.1, 0.15) is 36.3 Å². The molecule has 1 fully saturated rings. The summed E-state index contributed by atoms with van der Waals surface area (Å²) in [5, 5.41) is 7.80. The molecule has 2 aromatic heterocycles. The summed E-state index contributed by atoms with van der Waals surface area (Å²) >= 11 is 0. The minimum atomic E-state index is 0.795. The van der Waals surface area contributed by atoms with Gasteiger partial charge in [-0.3, -0.25) is 4.68 Å². The summed E-state index contributed by atoms with van der Waals surface area (Å²) in [4.78, 5) is 12.1. The predicted octanol–water partition coefficient (Wildman–Crippen LogP) is 1.98. The van der Waals surface area contributed by atoms with Gasteiger partial charge >= 0.3 is 0 Å². The molecule has 0 atom stereocenters. The van der Waals surface area contributed by atoms with E-state index >= 15 is 0 Å². The summed E-state index contributed by atoms with van der Waals surface area (Å²) in [6.07, 6.45) is 9.70. The van der Waals surface area contributed by atoms with Crippen LogP contribution in [0.3, 0.4) is 0 Å². The molecule has 2 aliphatic heterocycles. The molecule has 4 rings (SSSR count). The Bertz CT molecular complexity index is 688. The second kappa shape index (κ2) is 7.52. The van der Waals surface area contributed by atoms with Crippen molar-refractivity contribution in [2.75, 3.05) is 31.1 Å². The van der Waals surface area contributed by atoms with Gasteiger partial charge in [-0.05, 0) is 51.1 Å². The fraction of sp³-hybridized carbons (Fsp3) is 0.632. The molecule has 4 heterocycles. The first kappa shape index (κ1) is 16.5. The Labute approximate surface area is 149 Å². The van der Waals surface area contributed by atoms with Crippen LogP contribution >= 0.6 is 0 Å². The van der Waals surface area contributed by atoms with E-state index in [0.717, 1.165) is 57.3 Å². The molecule has 0 aromatic carbocycles. The molecule has 1 N–H and O–H groups in total. The van der Waals surface area contributed by atoms with Gasteiger partial charge in [-0.2, -0.15) is 5.10 Å². The molecule has 0 bridgehead atoms. The number of rotatable bonds is 4. The molecule has 25 heavy (non-hydrogen) atoms. The number of hydrogen-bond donors (Lipinski definition) is 1. The van der Waals surface area contributed by atoms with E-state index < -0.39 is 0 Å². The van der Waals surface area contributed by atoms with E-state index in [1.54, 1.807) is 0 Å². The van der Waals surface area contributed by atoms with Gasteiger partial charge in [0.1, 0.15) is 11.6 Å². The van der Waals surface area contributed by atoms with Gasteiger partial charge in [0.25, 0.3) is 0 Å². The van der Waals surface area contributed by atoms with Gasteiger partial charge in [0.05, 0.1) is 5.69 Å². The summed E-state index contributed by atoms with van der Waals surface area (Å²) in [7, 11) is 0. The molecule has 0 unspecified atom stereocenters. The highest BCUT2D eigenvalue weighted by Gasteiger charge is 2.24. The van der Waals surface area contributed by atoms with E-state index in [4.69, 9.17) is 9.97 Å². The lowest BCUT2D eigenvalue weighted by Crippen LogP contribution is -2.35. The summed E-state index contributed by atoms with van der Waals surface area (Å²) in [6.45, 7) is 7.34. The molecule has 6 nitrogen and oxygen atoms in total. The van der Waals surface area contributed by atoms with E-state index in [0.29, 0.717) is 0 Å². The Morgan fingerprint density at radius 2 is 2.00 bits per heavy atom. The lowest BCUT2D eigenvalue weighted by molar-refractivity contribution is 0.353. The first-order chi connectivity index (χ1) is 12.3. The number of nitrogens with zero attached hydrogens (tertiary/aromatic N) is 5. The molecule has 0 amide bonds. The van der Waals surface area contributed by atoms with E-state index in [9.17, 15) is 0 Å². The molecule has 2 aliphatic rings. The lowest BCUT2D eigenvalue weighted by Gasteiger charge is -2.34. The minimum Gasteiger partial charge on any atom is -0.356 e. The third-order valence-electron chi connectivity index (χ3n) is 5.51. The standard InChI is InChI=1S/C19H28N6/c1-15-22-18-4-10-20-9-3-17(18)19(23-15)24-12-5-16(6-13-24)7-14-25-11-2-8-21-25/h2,8,11,16,20H,3-7,9-10,12-14H2,1H3. The highest BCUT2D eigenvalue weighted by atomic mass is 15.3. The van der Waals surface area contributed by atoms with Gasteiger partial charge in [-0.15, -0.1) is 0 Å². The highest BCUT2D eigenvalue weighted by molar-refractivity contribution is 5.50. The van der Waals surface area contributed by atoms with Crippen LogP contribution in [0.15, 0.2) is 18.5 Å². The Kier molecular flexibility index (Phi) is 4.97. The van der Waals surface area contributed by atoms with Crippen LogP contribution in [0, 0.1) is 12.8 Å². The van der Waals surface area contributed by atoms with Gasteiger partial charge < -0.3 is 10.2 Å². The number of nitrogens with one attached hydrogen (secondary N) is 1. The van der Waals surface area contributed by atoms with Crippen LogP contribution in [0.5, 0.6) is 0 Å². The zero-order chi connectivity index (χ0) is 17.1. The van der Waals surface area contributed by atoms with Crippen LogP contribution in [0.2, 0.25) is 0 Å². The molecule has 0 radical (unpaired) electrons. The quantitative estimate of drug-likeness (QED) is 0.922. The average Bonchev–Trinajstić information content (AvgIpc) is 3.04. The van der Waals surface area contributed by atoms with Crippen molar-refractivity contribution in [2.45, 2.75) is 45.6 Å². The number of anilines is 1. The second-order valence-corrected chi connectivity index (χ2v) is 7.26. The van der Waals surface area contributed by atoms with Crippen molar-refractivity contribution in [2.24, 2.45) is 5.92 Å². The summed E-state index contributed by atoms with van der Waals surface area (Å²) in [5.74, 6) is 2.91. The third-order valence-corrected chi connectivity index (χ3v) is 5.51. The van der Waals surface area contributed by atoms with Crippen molar-refractivity contribution in [1.29, 1.82) is 0 Å². The van der Waals surface area contributed by atoms with E-state index in [-0.39, 0.29) is 0 Å². The Morgan fingerprint density at radius 1 is 1.16 bits per heavy atom. The van der Waals surface area contributed by atoms with Gasteiger partial charge in [0, 0.05) is 50.6 Å². The largest absolute Gasteiger partial charge is 0.356 e. The van der Waals surface area contributed by atoms with Crippen LogP contribution in [0.4, 0.5) is 5.82 Å². The zero-order valence-corrected chi connectivity index (χ0v) is 15.1. The zero-order valence-electron chi connectivity index (χ0n) is 15.1. The molecule has 2 aromatic rings. The summed E-state index contributed by atoms with van der Waals surface area (Å²) < 4.78 is 2.05. The van der Waals surface area contributed by atoms with E-state index in [1.807, 2.05) is 23.9 Å². The smallest absolute Gasteiger partial charge is 0.135 e. The van der Waals surface area contributed by atoms with Crippen molar-refractivity contribution in [3.8, 4) is 0 Å². The highest BCUT2D eigenvalue weighted by Crippen LogP contribution is 2.29. The minimum absolute atomic E-state index is 0.795. The molecule has 1 saturated heterocycles. The Balaban J connectivity index is 1.41. The monoisotopic (exact) mass is 340 g/mol. The maximum Gasteiger partial charge on any atom is 0.135 e. The number of aromatic nitrogens is 4. The van der Waals surface area contributed by atoms with Gasteiger partial charge in [0.2, 0.25) is 0 Å². The normalized spacial score (nSPS) is 18.8. The molecular formula is C19H28N6. The SMILES string of the molecule is Cc1nc2c(c(N3CCC(CCn4cccn4)CC3)n1)CCNCC2. The number of hydrogen-bond acceptors (Lipinski definition) is 5. The number of fused-ring (bicyclic) bond motifs is 1. The first-order valence-electron chi connectivity index (χ1n) is 9.59. The molecule has 134 valence electrons. The van der Waals surface area contributed by atoms with Crippen LogP contribution in [-0.2, 0) is 19.4 Å². The first-order valence-corrected chi connectivity index (χ1v) is 9.59. The van der Waals surface area contributed by atoms with Crippen molar-refractivity contribution in [3.63, 3.8) is 0 Å². The van der Waals surface area contributed by atoms with Crippen molar-refractivity contribution < 1.29 is 0 Å². The molecular weight excluding hydrogens is 312 g/mol. The maximum atomic E-state index is 4.84. The summed E-state index contributed by atoms with van der Waals surface area (Å²) in [6, 6.07) is 2.00. The summed E-state index contributed by atoms with van der Waals surface area (Å²) in [5.41, 5.74) is 2.64. The molecule has 6 heteroatoms. The van der Waals surface area contributed by atoms with E-state index in [1.165, 1.54) is 36.3 Å². The number of aryl methyl sites for hydroxylation is 2. The third kappa shape index (κ3) is 3.84. The Morgan fingerprint density at radius 3 is 2.80 bits per heavy atom. The molecule has 0 saturated carbocycles. The fourth-order valence-corrected chi connectivity index (χ4v) is 4.09. The lowest BCUT2D eigenvalue weighted by atomic mass is 9.93. The van der Waals surface area contributed by atoms with Crippen molar-refractivity contribution in [3.05, 3.63) is 35.5 Å². The topological polar surface area (TPSA) is 58.9 Å². The van der Waals surface area contributed by atoms with Crippen LogP contribution in [0.25, 0.3) is 0 Å². The Hall–Kier alpha value is -1.95. The van der Waals surface area contributed by atoms with Crippen LogP contribution < -0.4 is 10.2 Å². The average molecular weight is 340 g/mol. The molecule has 0 aliphatic carbocycles. The maximum absolute atomic E-state index is 4.84. The number of piperidine rings is 1. The van der Waals surface area contributed by atoms with Gasteiger partial charge in [-0.1, -0.05) is 0 Å². The van der Waals surface area contributed by atoms with Crippen molar-refractivity contribution >= 4 is 5.82 Å². The fourth-order valence-electron chi connectivity index (χ4n) is 4.09. The van der Waals surface area contributed by atoms with Crippen LogP contribution in [-0.4, -0.2) is 45.9 Å². The predicted molar refractivity (Wildman–Crippen MR) is 98.8 cm³/mol. The van der Waals surface area contributed by atoms with E-state index in [2.05, 4.69) is 21.5 Å². The van der Waals surface area contributed by atoms with Gasteiger partial charge in [-0.25, -0.2) is 9.97 Å².